The van der Waals surface area contributed by atoms with Crippen LogP contribution in [0, 0.1) is 0 Å². The van der Waals surface area contributed by atoms with E-state index in [1.165, 1.54) is 6.08 Å². The Labute approximate surface area is 77.4 Å². The molecule has 1 aliphatic rings. The Morgan fingerprint density at radius 2 is 2.50 bits per heavy atom. The van der Waals surface area contributed by atoms with E-state index in [1.807, 2.05) is 11.9 Å². The number of halogens is 1. The summed E-state index contributed by atoms with van der Waals surface area (Å²) in [4.78, 5) is 12.3. The van der Waals surface area contributed by atoms with Crippen LogP contribution in [0.25, 0.3) is 0 Å². The number of rotatable bonds is 2. The predicted molar refractivity (Wildman–Crippen MR) is 49.3 cm³/mol. The Bertz CT molecular complexity index is 207. The summed E-state index contributed by atoms with van der Waals surface area (Å²) in [5.41, 5.74) is 0. The minimum absolute atomic E-state index is 0.140. The van der Waals surface area contributed by atoms with Gasteiger partial charge in [0.05, 0.1) is 0 Å². The predicted octanol–water partition coefficient (Wildman–Crippen LogP) is 0.212. The number of ketones is 1. The van der Waals surface area contributed by atoms with Crippen LogP contribution in [-0.4, -0.2) is 42.4 Å². The van der Waals surface area contributed by atoms with Gasteiger partial charge in [-0.15, -0.1) is 0 Å². The summed E-state index contributed by atoms with van der Waals surface area (Å²) in [6, 6.07) is 0. The lowest BCUT2D eigenvalue weighted by molar-refractivity contribution is -0.121. The molecule has 1 atom stereocenters. The zero-order valence-corrected chi connectivity index (χ0v) is 7.90. The zero-order chi connectivity index (χ0) is 9.19. The zero-order valence-electron chi connectivity index (χ0n) is 7.14. The maximum Gasteiger partial charge on any atom is 0.191 e. The summed E-state index contributed by atoms with van der Waals surface area (Å²) in [6.45, 7) is 5.56. The molecule has 3 nitrogen and oxygen atoms in total. The fraction of sp³-hybridized carbons (Fsp3) is 0.625. The van der Waals surface area contributed by atoms with E-state index >= 15 is 0 Å². The minimum atomic E-state index is -0.917. The molecule has 0 spiro atoms. The molecule has 1 rings (SSSR count). The molecule has 1 fully saturated rings. The van der Waals surface area contributed by atoms with E-state index in [2.05, 4.69) is 11.9 Å². The highest BCUT2D eigenvalue weighted by atomic mass is 35.5. The molecule has 1 N–H and O–H groups in total. The van der Waals surface area contributed by atoms with Crippen molar-refractivity contribution in [3.63, 3.8) is 0 Å². The van der Waals surface area contributed by atoms with Crippen molar-refractivity contribution in [2.45, 2.75) is 5.00 Å². The first kappa shape index (κ1) is 9.71. The van der Waals surface area contributed by atoms with Crippen LogP contribution in [0.2, 0.25) is 0 Å². The SMILES string of the molecule is C=CC(=O)C1(Cl)CNCCN1C. The van der Waals surface area contributed by atoms with Crippen molar-refractivity contribution in [3.05, 3.63) is 12.7 Å². The third-order valence-electron chi connectivity index (χ3n) is 2.15. The smallest absolute Gasteiger partial charge is 0.191 e. The Morgan fingerprint density at radius 1 is 1.83 bits per heavy atom. The van der Waals surface area contributed by atoms with Crippen molar-refractivity contribution < 1.29 is 4.79 Å². The normalized spacial score (nSPS) is 31.5. The Morgan fingerprint density at radius 3 is 3.00 bits per heavy atom. The minimum Gasteiger partial charge on any atom is -0.312 e. The Balaban J connectivity index is 2.78. The molecule has 0 aromatic carbocycles. The van der Waals surface area contributed by atoms with Gasteiger partial charge in [-0.2, -0.15) is 0 Å². The third-order valence-corrected chi connectivity index (χ3v) is 2.76. The highest BCUT2D eigenvalue weighted by Crippen LogP contribution is 2.22. The molecule has 0 saturated carbocycles. The first-order valence-corrected chi connectivity index (χ1v) is 4.27. The van der Waals surface area contributed by atoms with Crippen molar-refractivity contribution in [2.24, 2.45) is 0 Å². The molecule has 0 amide bonds. The van der Waals surface area contributed by atoms with Crippen LogP contribution in [0.1, 0.15) is 0 Å². The second kappa shape index (κ2) is 3.56. The van der Waals surface area contributed by atoms with E-state index in [1.54, 1.807) is 0 Å². The molecule has 0 aromatic rings. The quantitative estimate of drug-likeness (QED) is 0.382. The van der Waals surface area contributed by atoms with Gasteiger partial charge < -0.3 is 5.32 Å². The Hall–Kier alpha value is -0.380. The number of alkyl halides is 1. The van der Waals surface area contributed by atoms with E-state index < -0.39 is 5.00 Å². The van der Waals surface area contributed by atoms with Crippen molar-refractivity contribution in [2.75, 3.05) is 26.7 Å². The summed E-state index contributed by atoms with van der Waals surface area (Å²) >= 11 is 6.12. The van der Waals surface area contributed by atoms with Crippen LogP contribution in [-0.2, 0) is 4.79 Å². The van der Waals surface area contributed by atoms with Gasteiger partial charge in [-0.25, -0.2) is 0 Å². The molecule has 12 heavy (non-hydrogen) atoms. The molecular weight excluding hydrogens is 176 g/mol. The molecule has 1 unspecified atom stereocenters. The third kappa shape index (κ3) is 1.53. The first-order valence-electron chi connectivity index (χ1n) is 3.89. The second-order valence-electron chi connectivity index (χ2n) is 2.93. The highest BCUT2D eigenvalue weighted by molar-refractivity contribution is 6.36. The molecule has 1 heterocycles. The van der Waals surface area contributed by atoms with Crippen LogP contribution in [0.4, 0.5) is 0 Å². The van der Waals surface area contributed by atoms with E-state index in [9.17, 15) is 4.79 Å². The van der Waals surface area contributed by atoms with Crippen molar-refractivity contribution in [1.82, 2.24) is 10.2 Å². The van der Waals surface area contributed by atoms with Gasteiger partial charge in [0, 0.05) is 19.6 Å². The molecule has 1 saturated heterocycles. The maximum atomic E-state index is 11.4. The molecular formula is C8H13ClN2O. The molecule has 0 aliphatic carbocycles. The standard InChI is InChI=1S/C8H13ClN2O/c1-3-7(12)8(9)6-10-4-5-11(8)2/h3,10H,1,4-6H2,2H3. The number of likely N-dealkylation sites (N-methyl/N-ethyl adjacent to an activating group) is 1. The van der Waals surface area contributed by atoms with Gasteiger partial charge in [0.1, 0.15) is 0 Å². The topological polar surface area (TPSA) is 32.3 Å². The Kier molecular flexibility index (Phi) is 2.88. The summed E-state index contributed by atoms with van der Waals surface area (Å²) in [7, 11) is 1.84. The number of nitrogens with one attached hydrogen (secondary N) is 1. The number of hydrogen-bond acceptors (Lipinski definition) is 3. The van der Waals surface area contributed by atoms with E-state index in [0.717, 1.165) is 13.1 Å². The van der Waals surface area contributed by atoms with Crippen molar-refractivity contribution >= 4 is 17.4 Å². The van der Waals surface area contributed by atoms with Crippen molar-refractivity contribution in [1.29, 1.82) is 0 Å². The van der Waals surface area contributed by atoms with Crippen LogP contribution in [0.5, 0.6) is 0 Å². The lowest BCUT2D eigenvalue weighted by Crippen LogP contribution is -2.60. The lowest BCUT2D eigenvalue weighted by Gasteiger charge is -2.38. The van der Waals surface area contributed by atoms with Gasteiger partial charge in [-0.3, -0.25) is 9.69 Å². The molecule has 68 valence electrons. The van der Waals surface area contributed by atoms with Gasteiger partial charge >= 0.3 is 0 Å². The summed E-state index contributed by atoms with van der Waals surface area (Å²) in [6.07, 6.45) is 1.27. The number of hydrogen-bond donors (Lipinski definition) is 1. The average molecular weight is 189 g/mol. The molecule has 0 aromatic heterocycles. The molecule has 4 heteroatoms. The fourth-order valence-corrected chi connectivity index (χ4v) is 1.50. The summed E-state index contributed by atoms with van der Waals surface area (Å²) in [5, 5.41) is 3.08. The number of piperazine rings is 1. The first-order chi connectivity index (χ1) is 5.61. The van der Waals surface area contributed by atoms with Gasteiger partial charge in [0.2, 0.25) is 0 Å². The number of nitrogens with zero attached hydrogens (tertiary/aromatic N) is 1. The molecule has 1 aliphatic heterocycles. The van der Waals surface area contributed by atoms with E-state index in [-0.39, 0.29) is 5.78 Å². The average Bonchev–Trinajstić information content (AvgIpc) is 2.09. The fourth-order valence-electron chi connectivity index (χ4n) is 1.24. The summed E-state index contributed by atoms with van der Waals surface area (Å²) < 4.78 is 0. The van der Waals surface area contributed by atoms with Gasteiger partial charge in [-0.1, -0.05) is 18.2 Å². The van der Waals surface area contributed by atoms with Crippen LogP contribution < -0.4 is 5.32 Å². The summed E-state index contributed by atoms with van der Waals surface area (Å²) in [5.74, 6) is -0.140. The molecule has 0 radical (unpaired) electrons. The van der Waals surface area contributed by atoms with Crippen molar-refractivity contribution in [3.8, 4) is 0 Å². The number of carbonyl (C=O) groups excluding carboxylic acids is 1. The van der Waals surface area contributed by atoms with Crippen LogP contribution >= 0.6 is 11.6 Å². The maximum absolute atomic E-state index is 11.4. The van der Waals surface area contributed by atoms with E-state index in [4.69, 9.17) is 11.6 Å². The monoisotopic (exact) mass is 188 g/mol. The molecule has 0 bridgehead atoms. The van der Waals surface area contributed by atoms with E-state index in [0.29, 0.717) is 6.54 Å². The second-order valence-corrected chi connectivity index (χ2v) is 3.55. The number of carbonyl (C=O) groups is 1. The largest absolute Gasteiger partial charge is 0.312 e. The lowest BCUT2D eigenvalue weighted by atomic mass is 10.1. The van der Waals surface area contributed by atoms with Gasteiger partial charge in [0.15, 0.2) is 10.8 Å². The van der Waals surface area contributed by atoms with Crippen LogP contribution in [0.3, 0.4) is 0 Å². The van der Waals surface area contributed by atoms with Gasteiger partial charge in [-0.05, 0) is 13.1 Å². The van der Waals surface area contributed by atoms with Gasteiger partial charge in [0.25, 0.3) is 0 Å². The van der Waals surface area contributed by atoms with Crippen LogP contribution in [0.15, 0.2) is 12.7 Å². The highest BCUT2D eigenvalue weighted by Gasteiger charge is 2.39.